The smallest absolute Gasteiger partial charge is 0.0308 e. The van der Waals surface area contributed by atoms with E-state index in [4.69, 9.17) is 0 Å². The summed E-state index contributed by atoms with van der Waals surface area (Å²) in [4.78, 5) is 0. The van der Waals surface area contributed by atoms with Crippen LogP contribution in [-0.4, -0.2) is 0 Å². The minimum atomic E-state index is 0. The maximum absolute atomic E-state index is 2.33. The molecule has 0 rings (SSSR count). The monoisotopic (exact) mass is 955 g/mol. The second-order valence-electron chi connectivity index (χ2n) is 30.1. The Morgan fingerprint density at radius 1 is 0.318 bits per heavy atom. The van der Waals surface area contributed by atoms with Crippen LogP contribution in [0.5, 0.6) is 0 Å². The third-order valence-corrected chi connectivity index (χ3v) is 12.5. The molecule has 426 valence electrons. The molecule has 0 heterocycles. The average molecular weight is 956 g/mol. The highest BCUT2D eigenvalue weighted by atomic mass is 14.4. The zero-order valence-corrected chi connectivity index (χ0v) is 49.6. The molecule has 0 spiro atoms. The Morgan fingerprint density at radius 2 is 0.576 bits per heavy atom. The first-order valence-corrected chi connectivity index (χ1v) is 24.5. The van der Waals surface area contributed by atoms with Crippen molar-refractivity contribution < 1.29 is 0 Å². The van der Waals surface area contributed by atoms with Crippen molar-refractivity contribution in [3.63, 3.8) is 0 Å². The van der Waals surface area contributed by atoms with E-state index in [1.54, 1.807) is 0 Å². The lowest BCUT2D eigenvalue weighted by molar-refractivity contribution is 0.126. The molecule has 0 N–H and O–H groups in total. The van der Waals surface area contributed by atoms with Crippen LogP contribution in [0.15, 0.2) is 0 Å². The summed E-state index contributed by atoms with van der Waals surface area (Å²) in [6, 6.07) is 0. The van der Waals surface area contributed by atoms with E-state index in [1.165, 1.54) is 38.5 Å². The fraction of sp³-hybridized carbons (Fsp3) is 1.00. The van der Waals surface area contributed by atoms with Crippen molar-refractivity contribution in [1.82, 2.24) is 0 Å². The summed E-state index contributed by atoms with van der Waals surface area (Å²) >= 11 is 0. The Hall–Kier alpha value is 0. The molecule has 0 saturated heterocycles. The van der Waals surface area contributed by atoms with Crippen LogP contribution in [0.25, 0.3) is 0 Å². The van der Waals surface area contributed by atoms with Gasteiger partial charge in [0.15, 0.2) is 0 Å². The minimum Gasteiger partial charge on any atom is -0.0776 e. The highest BCUT2D eigenvalue weighted by Crippen LogP contribution is 2.40. The summed E-state index contributed by atoms with van der Waals surface area (Å²) in [5, 5.41) is 0. The summed E-state index contributed by atoms with van der Waals surface area (Å²) < 4.78 is 0. The van der Waals surface area contributed by atoms with Gasteiger partial charge in [-0.15, -0.1) is 0 Å². The summed E-state index contributed by atoms with van der Waals surface area (Å²) in [5.74, 6) is 3.36. The van der Waals surface area contributed by atoms with E-state index in [1.807, 2.05) is 0 Å². The first kappa shape index (κ1) is 107. The predicted molar refractivity (Wildman–Crippen MR) is 335 cm³/mol. The largest absolute Gasteiger partial charge is 0.0776 e. The van der Waals surface area contributed by atoms with Crippen molar-refractivity contribution in [2.24, 2.45) is 77.8 Å². The van der Waals surface area contributed by atoms with E-state index in [0.29, 0.717) is 54.1 Å². The van der Waals surface area contributed by atoms with Gasteiger partial charge in [0, 0.05) is 0 Å². The molecule has 0 saturated carbocycles. The third-order valence-electron chi connectivity index (χ3n) is 12.5. The Morgan fingerprint density at radius 3 is 0.591 bits per heavy atom. The molecule has 66 heavy (non-hydrogen) atoms. The fourth-order valence-corrected chi connectivity index (χ4v) is 4.68. The molecule has 0 aromatic carbocycles. The van der Waals surface area contributed by atoms with Crippen molar-refractivity contribution >= 4 is 0 Å². The van der Waals surface area contributed by atoms with Gasteiger partial charge in [-0.05, 0) is 97.1 Å². The Bertz CT molecular complexity index is 861. The summed E-state index contributed by atoms with van der Waals surface area (Å²) in [5.41, 5.74) is 4.83. The summed E-state index contributed by atoms with van der Waals surface area (Å²) in [7, 11) is 0. The topological polar surface area (TPSA) is 0 Å². The van der Waals surface area contributed by atoms with Gasteiger partial charge in [0.25, 0.3) is 0 Å². The van der Waals surface area contributed by atoms with Gasteiger partial charge < -0.3 is 0 Å². The second kappa shape index (κ2) is 43.8. The summed E-state index contributed by atoms with van der Waals surface area (Å²) in [6.07, 6.45) is 7.89. The van der Waals surface area contributed by atoms with E-state index >= 15 is 0 Å². The minimum absolute atomic E-state index is 0. The quantitative estimate of drug-likeness (QED) is 0.258. The normalized spacial score (nSPS) is 12.1. The molecule has 0 heteroatoms. The van der Waals surface area contributed by atoms with E-state index in [2.05, 4.69) is 263 Å². The fourth-order valence-electron chi connectivity index (χ4n) is 4.68. The van der Waals surface area contributed by atoms with Crippen LogP contribution in [0.3, 0.4) is 0 Å². The molecule has 0 aliphatic heterocycles. The van der Waals surface area contributed by atoms with Crippen LogP contribution < -0.4 is 0 Å². The van der Waals surface area contributed by atoms with Gasteiger partial charge in [-0.3, -0.25) is 0 Å². The molecule has 0 aromatic heterocycles. The molecule has 1 atom stereocenters. The molecule has 0 amide bonds. The summed E-state index contributed by atoms with van der Waals surface area (Å²) in [6.45, 7) is 86.8. The average Bonchev–Trinajstić information content (AvgIpc) is 2.87. The van der Waals surface area contributed by atoms with Gasteiger partial charge in [0.05, 0.1) is 0 Å². The Kier molecular flexibility index (Phi) is 71.1. The molecule has 0 nitrogen and oxygen atoms in total. The molecule has 1 unspecified atom stereocenters. The van der Waals surface area contributed by atoms with E-state index in [9.17, 15) is 0 Å². The maximum Gasteiger partial charge on any atom is -0.0308 e. The van der Waals surface area contributed by atoms with Crippen LogP contribution in [0, 0.1) is 77.8 Å². The second-order valence-corrected chi connectivity index (χ2v) is 30.1. The van der Waals surface area contributed by atoms with Crippen LogP contribution in [-0.2, 0) is 0 Å². The van der Waals surface area contributed by atoms with E-state index in [0.717, 1.165) is 23.7 Å². The van der Waals surface area contributed by atoms with Crippen LogP contribution in [0.2, 0.25) is 0 Å². The van der Waals surface area contributed by atoms with Gasteiger partial charge in [-0.1, -0.05) is 342 Å². The molecular formula is C66H162. The molecule has 0 fully saturated rings. The van der Waals surface area contributed by atoms with Crippen molar-refractivity contribution in [2.75, 3.05) is 0 Å². The van der Waals surface area contributed by atoms with Gasteiger partial charge in [0.2, 0.25) is 0 Å². The SMILES string of the molecule is C.C.C.C.C.C.C.C.CC(C)(C)C(C)(C)C.CC(C)(C)CC(C)(C)C.CC(C)C(C)(C)C.CC(C)CC(C)(C)C.CC(C)CCC(C)(C)C.CCC(C)(C)C(C)(C)C.CCC(C)C(C)(C)C. The lowest BCUT2D eigenvalue weighted by atomic mass is 9.68. The van der Waals surface area contributed by atoms with Crippen molar-refractivity contribution in [1.29, 1.82) is 0 Å². The lowest BCUT2D eigenvalue weighted by Crippen LogP contribution is -2.28. The van der Waals surface area contributed by atoms with E-state index < -0.39 is 0 Å². The lowest BCUT2D eigenvalue weighted by Gasteiger charge is -2.37. The first-order chi connectivity index (χ1) is 24.5. The van der Waals surface area contributed by atoms with Crippen LogP contribution >= 0.6 is 0 Å². The highest BCUT2D eigenvalue weighted by molar-refractivity contribution is 4.80. The van der Waals surface area contributed by atoms with E-state index in [-0.39, 0.29) is 59.4 Å². The first-order valence-electron chi connectivity index (χ1n) is 24.5. The third kappa shape index (κ3) is 93.9. The Labute approximate surface area is 437 Å². The molecule has 0 aliphatic rings. The highest BCUT2D eigenvalue weighted by Gasteiger charge is 2.30. The van der Waals surface area contributed by atoms with Crippen molar-refractivity contribution in [2.45, 2.75) is 361 Å². The zero-order valence-electron chi connectivity index (χ0n) is 49.6. The zero-order chi connectivity index (χ0) is 49.6. The van der Waals surface area contributed by atoms with Crippen molar-refractivity contribution in [3.8, 4) is 0 Å². The van der Waals surface area contributed by atoms with Gasteiger partial charge in [-0.2, -0.15) is 0 Å². The van der Waals surface area contributed by atoms with Gasteiger partial charge >= 0.3 is 0 Å². The van der Waals surface area contributed by atoms with Crippen LogP contribution in [0.4, 0.5) is 0 Å². The van der Waals surface area contributed by atoms with Gasteiger partial charge in [-0.25, -0.2) is 0 Å². The number of hydrogen-bond acceptors (Lipinski definition) is 0. The molecule has 0 aromatic rings. The van der Waals surface area contributed by atoms with Crippen molar-refractivity contribution in [3.05, 3.63) is 0 Å². The molecule has 0 aliphatic carbocycles. The predicted octanol–water partition coefficient (Wildman–Crippen LogP) is 27.4. The maximum atomic E-state index is 2.33. The van der Waals surface area contributed by atoms with Crippen LogP contribution in [0.1, 0.15) is 361 Å². The molecule has 0 bridgehead atoms. The Balaban J connectivity index is -0.0000000347. The molecule has 0 radical (unpaired) electrons. The molecular weight excluding hydrogens is 793 g/mol. The van der Waals surface area contributed by atoms with Gasteiger partial charge in [0.1, 0.15) is 0 Å². The standard InChI is InChI=1S/3C9H20.3C8H18.C7H16.8CH4/c1-8(2,3)7-9(4,5)6;1-8(2)6-7-9(3,4)5;1-7-9(5,6)8(2,3)4;1-7(2)6-8(3,4)5;1-7(2,3)8(4,5)6;1-6-7(2)8(3,4)5;1-6(2)7(3,4)5;;;;;;;;/h7H2,1-6H3;8H,6-7H2,1-5H3;7H2,1-6H3;7H,6H2,1-5H3;1-6H3;7H,6H2,1-5H3;6H,1-5H3;8*1H4. The number of hydrogen-bond donors (Lipinski definition) is 0. The number of rotatable bonds is 5.